The molecule has 20 heavy (non-hydrogen) atoms. The van der Waals surface area contributed by atoms with Crippen LogP contribution in [0.4, 0.5) is 0 Å². The maximum atomic E-state index is 12.5. The Hall–Kier alpha value is -0.470. The van der Waals surface area contributed by atoms with Gasteiger partial charge in [0.05, 0.1) is 22.3 Å². The largest absolute Gasteiger partial charge is 0.245 e. The number of aryl methyl sites for hydroxylation is 1. The lowest BCUT2D eigenvalue weighted by atomic mass is 10.4. The van der Waals surface area contributed by atoms with Crippen molar-refractivity contribution in [2.45, 2.75) is 18.4 Å². The van der Waals surface area contributed by atoms with Gasteiger partial charge in [-0.3, -0.25) is 0 Å². The van der Waals surface area contributed by atoms with Crippen molar-refractivity contribution in [1.29, 1.82) is 0 Å². The normalized spacial score (nSPS) is 12.1. The van der Waals surface area contributed by atoms with Crippen LogP contribution in [0.1, 0.15) is 10.7 Å². The van der Waals surface area contributed by atoms with Crippen LogP contribution in [-0.4, -0.2) is 24.8 Å². The van der Waals surface area contributed by atoms with E-state index in [2.05, 4.69) is 20.9 Å². The number of hydrogen-bond donors (Lipinski definition) is 0. The number of hydrogen-bond acceptors (Lipinski definition) is 4. The Labute approximate surface area is 135 Å². The summed E-state index contributed by atoms with van der Waals surface area (Å²) in [5.74, 6) is 0. The van der Waals surface area contributed by atoms with Gasteiger partial charge in [0.2, 0.25) is 10.0 Å². The first-order valence-corrected chi connectivity index (χ1v) is 9.12. The summed E-state index contributed by atoms with van der Waals surface area (Å²) in [4.78, 5) is 4.36. The first kappa shape index (κ1) is 15.9. The van der Waals surface area contributed by atoms with E-state index in [4.69, 9.17) is 11.6 Å². The van der Waals surface area contributed by atoms with Gasteiger partial charge in [-0.15, -0.1) is 11.3 Å². The molecule has 0 aliphatic rings. The maximum Gasteiger partial charge on any atom is 0.244 e. The van der Waals surface area contributed by atoms with Gasteiger partial charge in [-0.1, -0.05) is 27.5 Å². The van der Waals surface area contributed by atoms with E-state index < -0.39 is 10.0 Å². The van der Waals surface area contributed by atoms with Crippen molar-refractivity contribution in [3.63, 3.8) is 0 Å². The molecule has 2 rings (SSSR count). The molecule has 0 aliphatic carbocycles. The zero-order valence-corrected chi connectivity index (χ0v) is 14.8. The molecule has 1 aromatic heterocycles. The lowest BCUT2D eigenvalue weighted by molar-refractivity contribution is 0.463. The smallest absolute Gasteiger partial charge is 0.244 e. The number of sulfonamides is 1. The zero-order valence-electron chi connectivity index (χ0n) is 10.8. The number of benzene rings is 1. The van der Waals surface area contributed by atoms with Crippen molar-refractivity contribution < 1.29 is 8.42 Å². The topological polar surface area (TPSA) is 50.3 Å². The predicted octanol–water partition coefficient (Wildman–Crippen LogP) is 3.69. The molecule has 1 aromatic carbocycles. The number of rotatable bonds is 4. The van der Waals surface area contributed by atoms with Crippen LogP contribution in [0.15, 0.2) is 32.9 Å². The van der Waals surface area contributed by atoms with Crippen molar-refractivity contribution in [1.82, 2.24) is 9.29 Å². The third-order valence-electron chi connectivity index (χ3n) is 2.63. The van der Waals surface area contributed by atoms with E-state index in [9.17, 15) is 8.42 Å². The Morgan fingerprint density at radius 2 is 2.15 bits per heavy atom. The molecule has 4 nitrogen and oxygen atoms in total. The van der Waals surface area contributed by atoms with Crippen LogP contribution in [0.25, 0.3) is 0 Å². The molecular weight excluding hydrogens is 384 g/mol. The Kier molecular flexibility index (Phi) is 4.86. The van der Waals surface area contributed by atoms with E-state index in [0.717, 1.165) is 15.2 Å². The fourth-order valence-corrected chi connectivity index (χ4v) is 4.40. The van der Waals surface area contributed by atoms with Crippen LogP contribution in [0, 0.1) is 6.92 Å². The molecule has 2 aromatic rings. The van der Waals surface area contributed by atoms with Gasteiger partial charge in [0.25, 0.3) is 0 Å². The SMILES string of the molecule is Cc1nc(CN(C)S(=O)(=O)c2ccc(Br)cc2Cl)cs1. The minimum Gasteiger partial charge on any atom is -0.245 e. The molecule has 0 saturated heterocycles. The molecule has 0 bridgehead atoms. The fourth-order valence-electron chi connectivity index (χ4n) is 1.65. The minimum atomic E-state index is -3.63. The predicted molar refractivity (Wildman–Crippen MR) is 84.7 cm³/mol. The van der Waals surface area contributed by atoms with Crippen molar-refractivity contribution in [3.8, 4) is 0 Å². The third kappa shape index (κ3) is 3.40. The van der Waals surface area contributed by atoms with Crippen LogP contribution < -0.4 is 0 Å². The van der Waals surface area contributed by atoms with Gasteiger partial charge in [0, 0.05) is 16.9 Å². The van der Waals surface area contributed by atoms with E-state index in [0.29, 0.717) is 0 Å². The summed E-state index contributed by atoms with van der Waals surface area (Å²) in [6.07, 6.45) is 0. The van der Waals surface area contributed by atoms with Crippen LogP contribution in [0.2, 0.25) is 5.02 Å². The van der Waals surface area contributed by atoms with E-state index in [1.807, 2.05) is 12.3 Å². The summed E-state index contributed by atoms with van der Waals surface area (Å²) < 4.78 is 26.9. The van der Waals surface area contributed by atoms with Crippen molar-refractivity contribution in [2.24, 2.45) is 0 Å². The van der Waals surface area contributed by atoms with E-state index in [1.54, 1.807) is 12.1 Å². The lowest BCUT2D eigenvalue weighted by Crippen LogP contribution is -2.26. The first-order chi connectivity index (χ1) is 9.30. The second-order valence-corrected chi connectivity index (χ2v) is 8.59. The van der Waals surface area contributed by atoms with Gasteiger partial charge in [-0.25, -0.2) is 13.4 Å². The minimum absolute atomic E-state index is 0.0943. The van der Waals surface area contributed by atoms with Gasteiger partial charge < -0.3 is 0 Å². The highest BCUT2D eigenvalue weighted by Gasteiger charge is 2.24. The Morgan fingerprint density at radius 3 is 2.70 bits per heavy atom. The summed E-state index contributed by atoms with van der Waals surface area (Å²) in [6, 6.07) is 4.71. The maximum absolute atomic E-state index is 12.5. The summed E-state index contributed by atoms with van der Waals surface area (Å²) in [5, 5.41) is 2.96. The highest BCUT2D eigenvalue weighted by Crippen LogP contribution is 2.27. The van der Waals surface area contributed by atoms with Crippen molar-refractivity contribution in [3.05, 3.63) is 43.8 Å². The van der Waals surface area contributed by atoms with E-state index in [-0.39, 0.29) is 16.5 Å². The van der Waals surface area contributed by atoms with Crippen molar-refractivity contribution >= 4 is 48.9 Å². The third-order valence-corrected chi connectivity index (χ3v) is 6.24. The molecule has 0 saturated carbocycles. The zero-order chi connectivity index (χ0) is 14.9. The average molecular weight is 396 g/mol. The summed E-state index contributed by atoms with van der Waals surface area (Å²) in [6.45, 7) is 2.10. The number of thiazole rings is 1. The Morgan fingerprint density at radius 1 is 1.45 bits per heavy atom. The summed E-state index contributed by atoms with van der Waals surface area (Å²) >= 11 is 10.8. The molecule has 0 radical (unpaired) electrons. The molecule has 0 amide bonds. The molecule has 1 heterocycles. The fraction of sp³-hybridized carbons (Fsp3) is 0.250. The average Bonchev–Trinajstić information content (AvgIpc) is 2.74. The van der Waals surface area contributed by atoms with Gasteiger partial charge in [0.1, 0.15) is 4.90 Å². The number of aromatic nitrogens is 1. The molecule has 8 heteroatoms. The molecule has 108 valence electrons. The van der Waals surface area contributed by atoms with E-state index in [1.165, 1.54) is 28.8 Å². The summed E-state index contributed by atoms with van der Waals surface area (Å²) in [7, 11) is -2.11. The number of halogens is 2. The van der Waals surface area contributed by atoms with Gasteiger partial charge in [-0.2, -0.15) is 4.31 Å². The van der Waals surface area contributed by atoms with Gasteiger partial charge in [-0.05, 0) is 25.1 Å². The number of nitrogens with zero attached hydrogens (tertiary/aromatic N) is 2. The molecule has 0 atom stereocenters. The molecule has 0 aliphatic heterocycles. The Bertz CT molecular complexity index is 731. The van der Waals surface area contributed by atoms with Crippen LogP contribution in [0.3, 0.4) is 0 Å². The van der Waals surface area contributed by atoms with Crippen LogP contribution >= 0.6 is 38.9 Å². The van der Waals surface area contributed by atoms with E-state index >= 15 is 0 Å². The molecule has 0 unspecified atom stereocenters. The summed E-state index contributed by atoms with van der Waals surface area (Å²) in [5.41, 5.74) is 0.729. The highest BCUT2D eigenvalue weighted by atomic mass is 79.9. The monoisotopic (exact) mass is 394 g/mol. The molecular formula is C12H12BrClN2O2S2. The quantitative estimate of drug-likeness (QED) is 0.793. The van der Waals surface area contributed by atoms with Gasteiger partial charge in [0.15, 0.2) is 0 Å². The van der Waals surface area contributed by atoms with Crippen LogP contribution in [-0.2, 0) is 16.6 Å². The van der Waals surface area contributed by atoms with Crippen molar-refractivity contribution in [2.75, 3.05) is 7.05 Å². The second-order valence-electron chi connectivity index (χ2n) is 4.19. The van der Waals surface area contributed by atoms with Crippen LogP contribution in [0.5, 0.6) is 0 Å². The highest BCUT2D eigenvalue weighted by molar-refractivity contribution is 9.10. The first-order valence-electron chi connectivity index (χ1n) is 5.63. The lowest BCUT2D eigenvalue weighted by Gasteiger charge is -2.17. The molecule has 0 spiro atoms. The second kappa shape index (κ2) is 6.11. The molecule has 0 N–H and O–H groups in total. The Balaban J connectivity index is 2.29. The molecule has 0 fully saturated rings. The van der Waals surface area contributed by atoms with Gasteiger partial charge >= 0.3 is 0 Å². The standard InChI is InChI=1S/C12H12BrClN2O2S2/c1-8-15-10(7-19-8)6-16(2)20(17,18)12-4-3-9(13)5-11(12)14/h3-5,7H,6H2,1-2H3.